The first-order chi connectivity index (χ1) is 14.0. The number of amides is 3. The number of hydrogen-bond donors (Lipinski definition) is 1. The van der Waals surface area contributed by atoms with Crippen molar-refractivity contribution < 1.29 is 24.3 Å². The van der Waals surface area contributed by atoms with Crippen LogP contribution in [0.4, 0.5) is 11.4 Å². The van der Waals surface area contributed by atoms with Gasteiger partial charge in [-0.3, -0.25) is 14.4 Å². The van der Waals surface area contributed by atoms with E-state index in [0.717, 1.165) is 4.90 Å². The number of rotatable bonds is 4. The summed E-state index contributed by atoms with van der Waals surface area (Å²) in [6, 6.07) is 18.3. The number of nitrogens with one attached hydrogen (secondary N) is 1. The fourth-order valence-electron chi connectivity index (χ4n) is 3.17. The van der Waals surface area contributed by atoms with Gasteiger partial charge in [-0.1, -0.05) is 36.4 Å². The second-order valence-electron chi connectivity index (χ2n) is 6.33. The Morgan fingerprint density at radius 3 is 2.07 bits per heavy atom. The number of para-hydroxylation sites is 1. The molecule has 29 heavy (non-hydrogen) atoms. The van der Waals surface area contributed by atoms with Crippen LogP contribution >= 0.6 is 0 Å². The third-order valence-corrected chi connectivity index (χ3v) is 4.56. The average molecular weight is 385 g/mol. The molecule has 3 aromatic rings. The molecule has 0 aliphatic carbocycles. The van der Waals surface area contributed by atoms with Crippen LogP contribution in [-0.2, 0) is 0 Å². The highest BCUT2D eigenvalue weighted by Crippen LogP contribution is 2.29. The molecule has 0 fully saturated rings. The standard InChI is InChI=1S/C22H14N2O5/c25-19(23-18-11-4-3-10-17(18)22(28)29)13-6-5-7-14(12-13)24-20(26)15-8-1-2-9-16(15)21(24)27/h1-12H,(H,23,25)(H,28,29)/p-1. The average Bonchev–Trinajstić information content (AvgIpc) is 2.99. The van der Waals surface area contributed by atoms with Crippen molar-refractivity contribution >= 4 is 35.1 Å². The number of carbonyl (C=O) groups is 4. The van der Waals surface area contributed by atoms with Crippen molar-refractivity contribution in [3.05, 3.63) is 95.1 Å². The molecule has 0 aromatic heterocycles. The van der Waals surface area contributed by atoms with Gasteiger partial charge < -0.3 is 15.2 Å². The van der Waals surface area contributed by atoms with E-state index in [4.69, 9.17) is 0 Å². The number of carboxylic acid groups (broad SMARTS) is 1. The molecule has 7 nitrogen and oxygen atoms in total. The van der Waals surface area contributed by atoms with Crippen molar-refractivity contribution in [1.82, 2.24) is 0 Å². The van der Waals surface area contributed by atoms with Crippen LogP contribution in [0.2, 0.25) is 0 Å². The van der Waals surface area contributed by atoms with E-state index in [1.807, 2.05) is 0 Å². The summed E-state index contributed by atoms with van der Waals surface area (Å²) < 4.78 is 0. The van der Waals surface area contributed by atoms with Gasteiger partial charge in [0.25, 0.3) is 17.7 Å². The minimum Gasteiger partial charge on any atom is -0.545 e. The van der Waals surface area contributed by atoms with Gasteiger partial charge in [0.1, 0.15) is 0 Å². The Hall–Kier alpha value is -4.26. The molecule has 1 heterocycles. The van der Waals surface area contributed by atoms with Gasteiger partial charge in [-0.05, 0) is 36.4 Å². The number of carboxylic acids is 1. The van der Waals surface area contributed by atoms with Gasteiger partial charge in [0.2, 0.25) is 0 Å². The number of aromatic carboxylic acids is 1. The summed E-state index contributed by atoms with van der Waals surface area (Å²) in [5, 5.41) is 13.7. The van der Waals surface area contributed by atoms with Gasteiger partial charge in [0.15, 0.2) is 0 Å². The van der Waals surface area contributed by atoms with Gasteiger partial charge in [0, 0.05) is 11.1 Å². The molecule has 1 aliphatic rings. The molecule has 0 spiro atoms. The summed E-state index contributed by atoms with van der Waals surface area (Å²) in [7, 11) is 0. The second-order valence-corrected chi connectivity index (χ2v) is 6.33. The van der Waals surface area contributed by atoms with Gasteiger partial charge in [0.05, 0.1) is 28.5 Å². The van der Waals surface area contributed by atoms with E-state index in [1.165, 1.54) is 30.3 Å². The van der Waals surface area contributed by atoms with Gasteiger partial charge in [-0.2, -0.15) is 0 Å². The lowest BCUT2D eigenvalue weighted by atomic mass is 10.1. The maximum atomic E-state index is 12.6. The monoisotopic (exact) mass is 385 g/mol. The molecule has 3 aromatic carbocycles. The Morgan fingerprint density at radius 1 is 0.793 bits per heavy atom. The lowest BCUT2D eigenvalue weighted by Gasteiger charge is -2.16. The summed E-state index contributed by atoms with van der Waals surface area (Å²) in [6.07, 6.45) is 0. The smallest absolute Gasteiger partial charge is 0.266 e. The fourth-order valence-corrected chi connectivity index (χ4v) is 3.17. The quantitative estimate of drug-likeness (QED) is 0.692. The third kappa shape index (κ3) is 3.14. The molecule has 4 rings (SSSR count). The van der Waals surface area contributed by atoms with Crippen LogP contribution in [0.5, 0.6) is 0 Å². The molecule has 1 aliphatic heterocycles. The van der Waals surface area contributed by atoms with Crippen molar-refractivity contribution in [1.29, 1.82) is 0 Å². The summed E-state index contributed by atoms with van der Waals surface area (Å²) in [6.45, 7) is 0. The second kappa shape index (κ2) is 7.05. The highest BCUT2D eigenvalue weighted by molar-refractivity contribution is 6.34. The molecule has 142 valence electrons. The molecule has 0 saturated heterocycles. The van der Waals surface area contributed by atoms with Gasteiger partial charge in [-0.25, -0.2) is 4.90 Å². The highest BCUT2D eigenvalue weighted by atomic mass is 16.4. The third-order valence-electron chi connectivity index (χ3n) is 4.56. The summed E-state index contributed by atoms with van der Waals surface area (Å²) >= 11 is 0. The molecule has 1 N–H and O–H groups in total. The van der Waals surface area contributed by atoms with E-state index in [0.29, 0.717) is 11.1 Å². The Balaban J connectivity index is 1.64. The Morgan fingerprint density at radius 2 is 1.41 bits per heavy atom. The summed E-state index contributed by atoms with van der Waals surface area (Å²) in [5.74, 6) is -2.94. The highest BCUT2D eigenvalue weighted by Gasteiger charge is 2.36. The molecule has 0 unspecified atom stereocenters. The Bertz CT molecular complexity index is 1150. The molecular weight excluding hydrogens is 372 g/mol. The molecule has 3 amide bonds. The number of anilines is 2. The molecular formula is C22H13N2O5-. The molecule has 0 saturated carbocycles. The Labute approximate surface area is 165 Å². The van der Waals surface area contributed by atoms with Crippen LogP contribution in [0.3, 0.4) is 0 Å². The molecule has 0 radical (unpaired) electrons. The number of imide groups is 1. The number of nitrogens with zero attached hydrogens (tertiary/aromatic N) is 1. The molecule has 0 atom stereocenters. The van der Waals surface area contributed by atoms with Crippen LogP contribution < -0.4 is 15.3 Å². The number of benzene rings is 3. The maximum absolute atomic E-state index is 12.6. The molecule has 7 heteroatoms. The zero-order valence-corrected chi connectivity index (χ0v) is 14.9. The van der Waals surface area contributed by atoms with Crippen molar-refractivity contribution in [2.75, 3.05) is 10.2 Å². The Kier molecular flexibility index (Phi) is 4.40. The normalized spacial score (nSPS) is 12.6. The predicted octanol–water partition coefficient (Wildman–Crippen LogP) is 2.10. The zero-order chi connectivity index (χ0) is 20.5. The number of hydrogen-bond acceptors (Lipinski definition) is 5. The number of carbonyl (C=O) groups excluding carboxylic acids is 4. The van der Waals surface area contributed by atoms with Crippen molar-refractivity contribution in [3.63, 3.8) is 0 Å². The minimum atomic E-state index is -1.42. The van der Waals surface area contributed by atoms with Crippen LogP contribution in [0.15, 0.2) is 72.8 Å². The topological polar surface area (TPSA) is 107 Å². The maximum Gasteiger partial charge on any atom is 0.266 e. The van der Waals surface area contributed by atoms with E-state index in [1.54, 1.807) is 42.5 Å². The minimum absolute atomic E-state index is 0.0867. The molecule has 0 bridgehead atoms. The fraction of sp³-hybridized carbons (Fsp3) is 0. The predicted molar refractivity (Wildman–Crippen MR) is 103 cm³/mol. The van der Waals surface area contributed by atoms with Crippen LogP contribution in [-0.4, -0.2) is 23.7 Å². The zero-order valence-electron chi connectivity index (χ0n) is 14.9. The van der Waals surface area contributed by atoms with Crippen LogP contribution in [0.25, 0.3) is 0 Å². The van der Waals surface area contributed by atoms with Crippen molar-refractivity contribution in [2.45, 2.75) is 0 Å². The first kappa shape index (κ1) is 18.1. The van der Waals surface area contributed by atoms with E-state index in [9.17, 15) is 24.3 Å². The van der Waals surface area contributed by atoms with Crippen molar-refractivity contribution in [2.24, 2.45) is 0 Å². The van der Waals surface area contributed by atoms with Crippen LogP contribution in [0, 0.1) is 0 Å². The van der Waals surface area contributed by atoms with Crippen molar-refractivity contribution in [3.8, 4) is 0 Å². The summed E-state index contributed by atoms with van der Waals surface area (Å²) in [4.78, 5) is 50.1. The number of fused-ring (bicyclic) bond motifs is 1. The lowest BCUT2D eigenvalue weighted by molar-refractivity contribution is -0.254. The first-order valence-electron chi connectivity index (χ1n) is 8.67. The summed E-state index contributed by atoms with van der Waals surface area (Å²) in [5.41, 5.74) is 0.940. The van der Waals surface area contributed by atoms with E-state index in [2.05, 4.69) is 5.32 Å². The van der Waals surface area contributed by atoms with E-state index < -0.39 is 23.7 Å². The van der Waals surface area contributed by atoms with E-state index in [-0.39, 0.29) is 22.5 Å². The SMILES string of the molecule is O=C(Nc1ccccc1C(=O)[O-])c1cccc(N2C(=O)c3ccccc3C2=O)c1. The largest absolute Gasteiger partial charge is 0.545 e. The first-order valence-corrected chi connectivity index (χ1v) is 8.67. The van der Waals surface area contributed by atoms with Gasteiger partial charge in [-0.15, -0.1) is 0 Å². The van der Waals surface area contributed by atoms with Crippen LogP contribution in [0.1, 0.15) is 41.4 Å². The lowest BCUT2D eigenvalue weighted by Crippen LogP contribution is -2.29. The van der Waals surface area contributed by atoms with Gasteiger partial charge >= 0.3 is 0 Å². The van der Waals surface area contributed by atoms with E-state index >= 15 is 0 Å².